The SMILES string of the molecule is COCCOc1ccc(/C=C/C(=O)O)c(Nc2ccc(C(F)(F)F)cc2Cl)c1. The number of nitrogens with one attached hydrogen (secondary N) is 1. The largest absolute Gasteiger partial charge is 0.491 e. The monoisotopic (exact) mass is 415 g/mol. The number of halogens is 4. The van der Waals surface area contributed by atoms with Crippen molar-refractivity contribution in [1.82, 2.24) is 0 Å². The van der Waals surface area contributed by atoms with Crippen LogP contribution in [0.4, 0.5) is 24.5 Å². The first-order valence-corrected chi connectivity index (χ1v) is 8.39. The first-order chi connectivity index (χ1) is 13.2. The molecule has 0 aliphatic carbocycles. The van der Waals surface area contributed by atoms with Crippen LogP contribution in [0.3, 0.4) is 0 Å². The van der Waals surface area contributed by atoms with Crippen LogP contribution in [-0.4, -0.2) is 31.4 Å². The fraction of sp³-hybridized carbons (Fsp3) is 0.211. The standard InChI is InChI=1S/C19H17ClF3NO4/c1-27-8-9-28-14-5-2-12(3-7-18(25)26)17(11-14)24-16-6-4-13(10-15(16)20)19(21,22)23/h2-7,10-11,24H,8-9H2,1H3,(H,25,26)/b7-3+. The average Bonchev–Trinajstić information content (AvgIpc) is 2.62. The predicted molar refractivity (Wildman–Crippen MR) is 100 cm³/mol. The van der Waals surface area contributed by atoms with E-state index < -0.39 is 17.7 Å². The molecule has 0 unspecified atom stereocenters. The van der Waals surface area contributed by atoms with E-state index in [1.165, 1.54) is 19.3 Å². The Hall–Kier alpha value is -2.71. The fourth-order valence-corrected chi connectivity index (χ4v) is 2.45. The highest BCUT2D eigenvalue weighted by Crippen LogP contribution is 2.36. The van der Waals surface area contributed by atoms with Gasteiger partial charge in [-0.1, -0.05) is 11.6 Å². The number of aliphatic carboxylic acids is 1. The van der Waals surface area contributed by atoms with E-state index in [1.54, 1.807) is 18.2 Å². The average molecular weight is 416 g/mol. The fourth-order valence-electron chi connectivity index (χ4n) is 2.22. The van der Waals surface area contributed by atoms with Gasteiger partial charge < -0.3 is 19.9 Å². The molecular weight excluding hydrogens is 399 g/mol. The Morgan fingerprint density at radius 1 is 1.18 bits per heavy atom. The van der Waals surface area contributed by atoms with Crippen molar-refractivity contribution in [3.8, 4) is 5.75 Å². The molecule has 0 spiro atoms. The van der Waals surface area contributed by atoms with Gasteiger partial charge in [-0.2, -0.15) is 13.2 Å². The summed E-state index contributed by atoms with van der Waals surface area (Å²) in [4.78, 5) is 10.8. The van der Waals surface area contributed by atoms with Crippen molar-refractivity contribution in [2.45, 2.75) is 6.18 Å². The Balaban J connectivity index is 2.35. The highest BCUT2D eigenvalue weighted by atomic mass is 35.5. The number of carbonyl (C=O) groups is 1. The maximum atomic E-state index is 12.8. The Morgan fingerprint density at radius 2 is 1.93 bits per heavy atom. The maximum Gasteiger partial charge on any atom is 0.416 e. The van der Waals surface area contributed by atoms with E-state index in [1.807, 2.05) is 0 Å². The van der Waals surface area contributed by atoms with E-state index in [2.05, 4.69) is 5.32 Å². The molecule has 5 nitrogen and oxygen atoms in total. The molecule has 9 heteroatoms. The summed E-state index contributed by atoms with van der Waals surface area (Å²) in [7, 11) is 1.53. The van der Waals surface area contributed by atoms with Gasteiger partial charge >= 0.3 is 12.1 Å². The van der Waals surface area contributed by atoms with E-state index in [9.17, 15) is 18.0 Å². The van der Waals surface area contributed by atoms with Crippen LogP contribution in [-0.2, 0) is 15.7 Å². The topological polar surface area (TPSA) is 67.8 Å². The minimum absolute atomic E-state index is 0.131. The molecule has 2 aromatic rings. The first-order valence-electron chi connectivity index (χ1n) is 8.01. The number of ether oxygens (including phenoxy) is 2. The van der Waals surface area contributed by atoms with E-state index in [4.69, 9.17) is 26.2 Å². The summed E-state index contributed by atoms with van der Waals surface area (Å²) >= 11 is 5.98. The van der Waals surface area contributed by atoms with Crippen molar-refractivity contribution >= 4 is 35.0 Å². The van der Waals surface area contributed by atoms with Crippen LogP contribution >= 0.6 is 11.6 Å². The molecule has 0 fully saturated rings. The van der Waals surface area contributed by atoms with Crippen LogP contribution in [0.5, 0.6) is 5.75 Å². The summed E-state index contributed by atoms with van der Waals surface area (Å²) in [6.45, 7) is 0.662. The second kappa shape index (κ2) is 9.48. The molecule has 2 aromatic carbocycles. The van der Waals surface area contributed by atoms with Crippen LogP contribution in [0.25, 0.3) is 6.08 Å². The highest BCUT2D eigenvalue weighted by molar-refractivity contribution is 6.33. The molecule has 28 heavy (non-hydrogen) atoms. The van der Waals surface area contributed by atoms with Crippen molar-refractivity contribution in [1.29, 1.82) is 0 Å². The Morgan fingerprint density at radius 3 is 2.54 bits per heavy atom. The molecule has 0 heterocycles. The van der Waals surface area contributed by atoms with Gasteiger partial charge in [-0.15, -0.1) is 0 Å². The van der Waals surface area contributed by atoms with Gasteiger partial charge in [-0.05, 0) is 42.0 Å². The Bertz CT molecular complexity index is 869. The normalized spacial score (nSPS) is 11.6. The third kappa shape index (κ3) is 6.17. The van der Waals surface area contributed by atoms with E-state index in [0.29, 0.717) is 30.2 Å². The van der Waals surface area contributed by atoms with Crippen molar-refractivity contribution in [2.75, 3.05) is 25.6 Å². The number of anilines is 2. The highest BCUT2D eigenvalue weighted by Gasteiger charge is 2.30. The van der Waals surface area contributed by atoms with E-state index in [-0.39, 0.29) is 10.7 Å². The smallest absolute Gasteiger partial charge is 0.416 e. The second-order valence-corrected chi connectivity index (χ2v) is 5.99. The summed E-state index contributed by atoms with van der Waals surface area (Å²) in [5.74, 6) is -0.672. The molecule has 150 valence electrons. The van der Waals surface area contributed by atoms with Crippen LogP contribution in [0.15, 0.2) is 42.5 Å². The van der Waals surface area contributed by atoms with Gasteiger partial charge in [-0.3, -0.25) is 0 Å². The molecule has 0 aromatic heterocycles. The van der Waals surface area contributed by atoms with Gasteiger partial charge in [0, 0.05) is 24.9 Å². The summed E-state index contributed by atoms with van der Waals surface area (Å²) in [5.41, 5.74) is 0.255. The van der Waals surface area contributed by atoms with Gasteiger partial charge in [0.15, 0.2) is 0 Å². The molecule has 0 aliphatic rings. The van der Waals surface area contributed by atoms with Crippen LogP contribution in [0.1, 0.15) is 11.1 Å². The summed E-state index contributed by atoms with van der Waals surface area (Å²) in [5, 5.41) is 11.6. The molecule has 0 radical (unpaired) electrons. The molecule has 2 rings (SSSR count). The zero-order valence-electron chi connectivity index (χ0n) is 14.7. The van der Waals surface area contributed by atoms with Crippen molar-refractivity contribution in [3.63, 3.8) is 0 Å². The van der Waals surface area contributed by atoms with Crippen molar-refractivity contribution in [3.05, 3.63) is 58.6 Å². The second-order valence-electron chi connectivity index (χ2n) is 5.58. The molecule has 0 amide bonds. The number of hydrogen-bond donors (Lipinski definition) is 2. The van der Waals surface area contributed by atoms with E-state index >= 15 is 0 Å². The molecule has 0 bridgehead atoms. The Labute approximate surface area is 164 Å². The number of benzene rings is 2. The minimum Gasteiger partial charge on any atom is -0.491 e. The third-order valence-electron chi connectivity index (χ3n) is 3.55. The lowest BCUT2D eigenvalue weighted by Gasteiger charge is -2.15. The molecule has 2 N–H and O–H groups in total. The van der Waals surface area contributed by atoms with Gasteiger partial charge in [0.1, 0.15) is 12.4 Å². The van der Waals surface area contributed by atoms with Gasteiger partial charge in [0.05, 0.1) is 22.9 Å². The zero-order valence-corrected chi connectivity index (χ0v) is 15.5. The number of methoxy groups -OCH3 is 1. The van der Waals surface area contributed by atoms with Crippen LogP contribution < -0.4 is 10.1 Å². The number of hydrogen-bond acceptors (Lipinski definition) is 4. The lowest BCUT2D eigenvalue weighted by Crippen LogP contribution is -2.06. The quantitative estimate of drug-likeness (QED) is 0.456. The third-order valence-corrected chi connectivity index (χ3v) is 3.86. The van der Waals surface area contributed by atoms with Crippen LogP contribution in [0, 0.1) is 0 Å². The maximum absolute atomic E-state index is 12.8. The molecule has 0 aliphatic heterocycles. The van der Waals surface area contributed by atoms with Crippen molar-refractivity contribution < 1.29 is 32.5 Å². The number of alkyl halides is 3. The summed E-state index contributed by atoms with van der Waals surface area (Å²) in [6.07, 6.45) is -2.21. The first kappa shape index (κ1) is 21.6. The molecule has 0 saturated heterocycles. The van der Waals surface area contributed by atoms with E-state index in [0.717, 1.165) is 18.2 Å². The summed E-state index contributed by atoms with van der Waals surface area (Å²) in [6, 6.07) is 7.76. The zero-order chi connectivity index (χ0) is 20.7. The Kier molecular flexibility index (Phi) is 7.31. The lowest BCUT2D eigenvalue weighted by molar-refractivity contribution is -0.137. The molecular formula is C19H17ClF3NO4. The predicted octanol–water partition coefficient (Wildman–Crippen LogP) is 5.23. The number of carboxylic acid groups (broad SMARTS) is 1. The van der Waals surface area contributed by atoms with Crippen LogP contribution in [0.2, 0.25) is 5.02 Å². The van der Waals surface area contributed by atoms with Gasteiger partial charge in [-0.25, -0.2) is 4.79 Å². The van der Waals surface area contributed by atoms with Gasteiger partial charge in [0.25, 0.3) is 0 Å². The van der Waals surface area contributed by atoms with Gasteiger partial charge in [0.2, 0.25) is 0 Å². The lowest BCUT2D eigenvalue weighted by atomic mass is 10.1. The van der Waals surface area contributed by atoms with Crippen molar-refractivity contribution in [2.24, 2.45) is 0 Å². The molecule has 0 saturated carbocycles. The number of rotatable bonds is 8. The number of carboxylic acids is 1. The molecule has 0 atom stereocenters. The summed E-state index contributed by atoms with van der Waals surface area (Å²) < 4.78 is 48.8. The minimum atomic E-state index is -4.51.